The van der Waals surface area contributed by atoms with Crippen LogP contribution in [-0.4, -0.2) is 68.4 Å². The molecular formula is C24H21F3N4O4S. The number of aromatic nitrogens is 2. The second-order valence-electron chi connectivity index (χ2n) is 8.39. The summed E-state index contributed by atoms with van der Waals surface area (Å²) in [5.41, 5.74) is 0.431. The van der Waals surface area contributed by atoms with Gasteiger partial charge in [-0.05, 0) is 53.2 Å². The molecule has 2 aromatic carbocycles. The Morgan fingerprint density at radius 1 is 1.22 bits per heavy atom. The van der Waals surface area contributed by atoms with Crippen LogP contribution in [0.15, 0.2) is 52.5 Å². The molecule has 0 spiro atoms. The van der Waals surface area contributed by atoms with E-state index in [0.29, 0.717) is 46.7 Å². The first-order valence-electron chi connectivity index (χ1n) is 11.1. The largest absolute Gasteiger partial charge is 0.508 e. The Bertz CT molecular complexity index is 1390. The number of alkyl halides is 3. The second-order valence-corrected chi connectivity index (χ2v) is 9.40. The zero-order chi connectivity index (χ0) is 25.4. The number of carbonyl (C=O) groups excluding carboxylic acids is 1. The third-order valence-corrected chi connectivity index (χ3v) is 6.95. The molecule has 188 valence electrons. The molecule has 2 aliphatic rings. The Balaban J connectivity index is 1.35. The number of benzene rings is 2. The van der Waals surface area contributed by atoms with Gasteiger partial charge in [0.25, 0.3) is 5.91 Å². The SMILES string of the molecule is O=C1N=C(N2CCO[C@H](CO)C2)S/C1=C/c1ccc2c(cnn2Cc2ccc(O)cc2C(F)(F)F)c1. The van der Waals surface area contributed by atoms with Gasteiger partial charge in [0.05, 0.1) is 48.0 Å². The molecule has 1 fully saturated rings. The first kappa shape index (κ1) is 24.3. The van der Waals surface area contributed by atoms with E-state index < -0.39 is 17.5 Å². The summed E-state index contributed by atoms with van der Waals surface area (Å²) >= 11 is 1.25. The predicted octanol–water partition coefficient (Wildman–Crippen LogP) is 3.47. The van der Waals surface area contributed by atoms with Crippen LogP contribution in [0.4, 0.5) is 13.2 Å². The van der Waals surface area contributed by atoms with Gasteiger partial charge in [0, 0.05) is 18.5 Å². The van der Waals surface area contributed by atoms with Crippen LogP contribution >= 0.6 is 11.8 Å². The summed E-state index contributed by atoms with van der Waals surface area (Å²) in [6, 6.07) is 8.46. The number of aliphatic hydroxyl groups is 1. The van der Waals surface area contributed by atoms with Crippen LogP contribution < -0.4 is 0 Å². The molecule has 1 amide bonds. The smallest absolute Gasteiger partial charge is 0.416 e. The van der Waals surface area contributed by atoms with Crippen molar-refractivity contribution in [1.29, 1.82) is 0 Å². The van der Waals surface area contributed by atoms with Crippen molar-refractivity contribution in [3.05, 3.63) is 64.2 Å². The number of phenolic OH excluding ortho intramolecular Hbond substituents is 1. The molecule has 8 nitrogen and oxygen atoms in total. The van der Waals surface area contributed by atoms with Crippen LogP contribution in [0, 0.1) is 0 Å². The number of phenols is 1. The molecule has 1 aromatic heterocycles. The standard InChI is InChI=1S/C24H21F3N4O4S/c25-24(26,27)19-9-17(33)3-2-15(19)11-31-20-4-1-14(7-16(20)10-28-31)8-21-22(34)29-23(36-21)30-5-6-35-18(12-30)13-32/h1-4,7-10,18,32-33H,5-6,11-13H2/b21-8+/t18-/m0/s1. The van der Waals surface area contributed by atoms with E-state index in [2.05, 4.69) is 10.1 Å². The van der Waals surface area contributed by atoms with E-state index in [-0.39, 0.29) is 30.7 Å². The maximum Gasteiger partial charge on any atom is 0.416 e. The fraction of sp³-hybridized carbons (Fsp3) is 0.292. The third kappa shape index (κ3) is 4.97. The van der Waals surface area contributed by atoms with Gasteiger partial charge in [0.15, 0.2) is 5.17 Å². The quantitative estimate of drug-likeness (QED) is 0.510. The Morgan fingerprint density at radius 2 is 2.06 bits per heavy atom. The maximum atomic E-state index is 13.4. The average molecular weight is 519 g/mol. The zero-order valence-electron chi connectivity index (χ0n) is 18.8. The molecule has 0 aliphatic carbocycles. The Hall–Kier alpha value is -3.35. The van der Waals surface area contributed by atoms with Gasteiger partial charge < -0.3 is 19.8 Å². The van der Waals surface area contributed by atoms with Gasteiger partial charge in [-0.25, -0.2) is 0 Å². The van der Waals surface area contributed by atoms with Crippen LogP contribution in [0.3, 0.4) is 0 Å². The van der Waals surface area contributed by atoms with E-state index in [1.165, 1.54) is 28.6 Å². The number of halogens is 3. The fourth-order valence-electron chi connectivity index (χ4n) is 4.14. The number of aromatic hydroxyl groups is 1. The highest BCUT2D eigenvalue weighted by molar-refractivity contribution is 8.18. The van der Waals surface area contributed by atoms with Crippen molar-refractivity contribution in [3.8, 4) is 5.75 Å². The van der Waals surface area contributed by atoms with Crippen molar-refractivity contribution < 1.29 is 32.9 Å². The molecule has 5 rings (SSSR count). The van der Waals surface area contributed by atoms with Crippen molar-refractivity contribution >= 4 is 39.8 Å². The number of carbonyl (C=O) groups is 1. The number of hydrogen-bond donors (Lipinski definition) is 2. The van der Waals surface area contributed by atoms with Crippen molar-refractivity contribution in [2.45, 2.75) is 18.8 Å². The number of morpholine rings is 1. The van der Waals surface area contributed by atoms with E-state index in [0.717, 1.165) is 5.56 Å². The molecule has 36 heavy (non-hydrogen) atoms. The minimum absolute atomic E-state index is 0.0133. The number of aliphatic hydroxyl groups excluding tert-OH is 1. The first-order valence-corrected chi connectivity index (χ1v) is 11.9. The number of nitrogens with zero attached hydrogens (tertiary/aromatic N) is 4. The lowest BCUT2D eigenvalue weighted by Crippen LogP contribution is -2.45. The number of thioether (sulfide) groups is 1. The minimum Gasteiger partial charge on any atom is -0.508 e. The molecule has 0 unspecified atom stereocenters. The van der Waals surface area contributed by atoms with Gasteiger partial charge in [-0.2, -0.15) is 23.3 Å². The molecule has 2 aliphatic heterocycles. The lowest BCUT2D eigenvalue weighted by Gasteiger charge is -2.32. The van der Waals surface area contributed by atoms with Gasteiger partial charge >= 0.3 is 6.18 Å². The van der Waals surface area contributed by atoms with Crippen molar-refractivity contribution in [2.24, 2.45) is 4.99 Å². The van der Waals surface area contributed by atoms with Crippen molar-refractivity contribution in [2.75, 3.05) is 26.3 Å². The number of fused-ring (bicyclic) bond motifs is 1. The Morgan fingerprint density at radius 3 is 2.83 bits per heavy atom. The zero-order valence-corrected chi connectivity index (χ0v) is 19.6. The summed E-state index contributed by atoms with van der Waals surface area (Å²) < 4.78 is 47.2. The van der Waals surface area contributed by atoms with E-state index in [9.17, 15) is 28.2 Å². The van der Waals surface area contributed by atoms with Gasteiger partial charge in [-0.1, -0.05) is 12.1 Å². The molecule has 1 saturated heterocycles. The Kier molecular flexibility index (Phi) is 6.49. The second kappa shape index (κ2) is 9.60. The molecule has 12 heteroatoms. The van der Waals surface area contributed by atoms with Gasteiger partial charge in [0.1, 0.15) is 5.75 Å². The number of amides is 1. The average Bonchev–Trinajstić information content (AvgIpc) is 3.42. The highest BCUT2D eigenvalue weighted by Gasteiger charge is 2.34. The van der Waals surface area contributed by atoms with Crippen LogP contribution in [0.2, 0.25) is 0 Å². The number of aliphatic imine (C=N–C) groups is 1. The van der Waals surface area contributed by atoms with E-state index in [4.69, 9.17) is 4.74 Å². The fourth-order valence-corrected chi connectivity index (χ4v) is 5.09. The molecule has 0 bridgehead atoms. The van der Waals surface area contributed by atoms with Crippen molar-refractivity contribution in [1.82, 2.24) is 14.7 Å². The van der Waals surface area contributed by atoms with Crippen LogP contribution in [0.5, 0.6) is 5.75 Å². The van der Waals surface area contributed by atoms with Crippen LogP contribution in [0.1, 0.15) is 16.7 Å². The Labute approximate surface area is 207 Å². The molecule has 0 saturated carbocycles. The summed E-state index contributed by atoms with van der Waals surface area (Å²) in [7, 11) is 0. The predicted molar refractivity (Wildman–Crippen MR) is 128 cm³/mol. The first-order chi connectivity index (χ1) is 17.2. The molecule has 0 radical (unpaired) electrons. The van der Waals surface area contributed by atoms with Gasteiger partial charge in [-0.15, -0.1) is 0 Å². The van der Waals surface area contributed by atoms with E-state index in [1.807, 2.05) is 4.90 Å². The summed E-state index contributed by atoms with van der Waals surface area (Å²) in [6.07, 6.45) is -1.66. The molecule has 1 atom stereocenters. The summed E-state index contributed by atoms with van der Waals surface area (Å²) in [4.78, 5) is 19.0. The number of ether oxygens (including phenoxy) is 1. The van der Waals surface area contributed by atoms with Crippen LogP contribution in [0.25, 0.3) is 17.0 Å². The third-order valence-electron chi connectivity index (χ3n) is 5.90. The summed E-state index contributed by atoms with van der Waals surface area (Å²) in [5.74, 6) is -0.813. The molecule has 3 heterocycles. The highest BCUT2D eigenvalue weighted by atomic mass is 32.2. The topological polar surface area (TPSA) is 100 Å². The van der Waals surface area contributed by atoms with E-state index >= 15 is 0 Å². The normalized spacial score (nSPS) is 19.9. The highest BCUT2D eigenvalue weighted by Crippen LogP contribution is 2.35. The van der Waals surface area contributed by atoms with E-state index in [1.54, 1.807) is 30.5 Å². The lowest BCUT2D eigenvalue weighted by atomic mass is 10.1. The minimum atomic E-state index is -4.61. The summed E-state index contributed by atoms with van der Waals surface area (Å²) in [5, 5.41) is 24.3. The number of rotatable bonds is 4. The lowest BCUT2D eigenvalue weighted by molar-refractivity contribution is -0.138. The monoisotopic (exact) mass is 518 g/mol. The van der Waals surface area contributed by atoms with Crippen molar-refractivity contribution in [3.63, 3.8) is 0 Å². The van der Waals surface area contributed by atoms with Gasteiger partial charge in [-0.3, -0.25) is 9.48 Å². The molecule has 2 N–H and O–H groups in total. The molecular weight excluding hydrogens is 497 g/mol. The summed E-state index contributed by atoms with van der Waals surface area (Å²) in [6.45, 7) is 1.23. The maximum absolute atomic E-state index is 13.4. The number of amidine groups is 1. The van der Waals surface area contributed by atoms with Crippen LogP contribution in [-0.2, 0) is 22.3 Å². The molecule has 3 aromatic rings. The number of hydrogen-bond acceptors (Lipinski definition) is 7. The van der Waals surface area contributed by atoms with Gasteiger partial charge in [0.2, 0.25) is 0 Å².